The van der Waals surface area contributed by atoms with E-state index in [1.807, 2.05) is 0 Å². The van der Waals surface area contributed by atoms with Gasteiger partial charge in [-0.2, -0.15) is 0 Å². The van der Waals surface area contributed by atoms with E-state index in [9.17, 15) is 9.59 Å². The van der Waals surface area contributed by atoms with Crippen LogP contribution in [0, 0.1) is 5.41 Å². The number of carboxylic acids is 2. The van der Waals surface area contributed by atoms with Crippen LogP contribution in [-0.4, -0.2) is 35.7 Å². The Bertz CT molecular complexity index is 388. The van der Waals surface area contributed by atoms with Crippen LogP contribution in [0.25, 0.3) is 0 Å². The lowest BCUT2D eigenvalue weighted by molar-refractivity contribution is -0.164. The fraction of sp³-hybridized carbons (Fsp3) is 0.333. The Morgan fingerprint density at radius 2 is 1.71 bits per heavy atom. The second-order valence-electron chi connectivity index (χ2n) is 3.89. The van der Waals surface area contributed by atoms with Crippen LogP contribution in [-0.2, 0) is 16.0 Å². The summed E-state index contributed by atoms with van der Waals surface area (Å²) < 4.78 is 0. The van der Waals surface area contributed by atoms with E-state index in [1.54, 1.807) is 30.3 Å². The SMILES string of the molecule is CNCC(Cc1ccccc1)(C(=O)O)C(=O)O. The summed E-state index contributed by atoms with van der Waals surface area (Å²) in [5.74, 6) is -2.66. The average Bonchev–Trinajstić information content (AvgIpc) is 2.29. The largest absolute Gasteiger partial charge is 0.480 e. The Labute approximate surface area is 99.1 Å². The minimum atomic E-state index is -1.82. The molecule has 0 amide bonds. The number of nitrogens with one attached hydrogen (secondary N) is 1. The molecule has 0 saturated carbocycles. The molecule has 5 heteroatoms. The van der Waals surface area contributed by atoms with Crippen molar-refractivity contribution in [3.63, 3.8) is 0 Å². The molecule has 0 fully saturated rings. The smallest absolute Gasteiger partial charge is 0.322 e. The van der Waals surface area contributed by atoms with E-state index in [2.05, 4.69) is 5.32 Å². The van der Waals surface area contributed by atoms with Gasteiger partial charge in [-0.3, -0.25) is 9.59 Å². The number of rotatable bonds is 6. The van der Waals surface area contributed by atoms with Crippen LogP contribution in [0.2, 0.25) is 0 Å². The zero-order valence-corrected chi connectivity index (χ0v) is 9.51. The molecular formula is C12H15NO4. The van der Waals surface area contributed by atoms with Gasteiger partial charge in [0.2, 0.25) is 0 Å². The van der Waals surface area contributed by atoms with Gasteiger partial charge in [-0.15, -0.1) is 0 Å². The minimum absolute atomic E-state index is 0.0423. The quantitative estimate of drug-likeness (QED) is 0.631. The first-order chi connectivity index (χ1) is 8.03. The molecule has 0 aliphatic carbocycles. The minimum Gasteiger partial charge on any atom is -0.480 e. The monoisotopic (exact) mass is 237 g/mol. The number of carbonyl (C=O) groups is 2. The molecule has 3 N–H and O–H groups in total. The first-order valence-corrected chi connectivity index (χ1v) is 5.18. The van der Waals surface area contributed by atoms with Crippen LogP contribution in [0.5, 0.6) is 0 Å². The summed E-state index contributed by atoms with van der Waals surface area (Å²) in [6, 6.07) is 8.74. The maximum Gasteiger partial charge on any atom is 0.322 e. The zero-order valence-electron chi connectivity index (χ0n) is 9.51. The van der Waals surface area contributed by atoms with Gasteiger partial charge in [0.05, 0.1) is 0 Å². The van der Waals surface area contributed by atoms with E-state index in [1.165, 1.54) is 7.05 Å². The molecule has 1 aromatic rings. The van der Waals surface area contributed by atoms with E-state index in [0.717, 1.165) is 0 Å². The predicted molar refractivity (Wildman–Crippen MR) is 61.8 cm³/mol. The third-order valence-corrected chi connectivity index (χ3v) is 2.65. The highest BCUT2D eigenvalue weighted by Crippen LogP contribution is 2.23. The Morgan fingerprint density at radius 1 is 1.18 bits per heavy atom. The van der Waals surface area contributed by atoms with E-state index < -0.39 is 17.4 Å². The average molecular weight is 237 g/mol. The molecule has 0 atom stereocenters. The highest BCUT2D eigenvalue weighted by atomic mass is 16.4. The lowest BCUT2D eigenvalue weighted by Crippen LogP contribution is -2.48. The van der Waals surface area contributed by atoms with Gasteiger partial charge in [0.25, 0.3) is 0 Å². The van der Waals surface area contributed by atoms with Gasteiger partial charge in [0, 0.05) is 13.0 Å². The third-order valence-electron chi connectivity index (χ3n) is 2.65. The lowest BCUT2D eigenvalue weighted by Gasteiger charge is -2.24. The Balaban J connectivity index is 3.06. The number of hydrogen-bond donors (Lipinski definition) is 3. The number of carboxylic acid groups (broad SMARTS) is 2. The third kappa shape index (κ3) is 2.82. The van der Waals surface area contributed by atoms with Gasteiger partial charge in [0.1, 0.15) is 0 Å². The van der Waals surface area contributed by atoms with Crippen molar-refractivity contribution in [2.45, 2.75) is 6.42 Å². The summed E-state index contributed by atoms with van der Waals surface area (Å²) in [7, 11) is 1.53. The molecule has 5 nitrogen and oxygen atoms in total. The number of benzene rings is 1. The molecule has 0 unspecified atom stereocenters. The van der Waals surface area contributed by atoms with E-state index in [0.29, 0.717) is 5.56 Å². The van der Waals surface area contributed by atoms with Crippen LogP contribution in [0.1, 0.15) is 5.56 Å². The molecule has 0 heterocycles. The van der Waals surface area contributed by atoms with Gasteiger partial charge in [0.15, 0.2) is 5.41 Å². The van der Waals surface area contributed by atoms with Crippen molar-refractivity contribution in [2.75, 3.05) is 13.6 Å². The van der Waals surface area contributed by atoms with E-state index >= 15 is 0 Å². The lowest BCUT2D eigenvalue weighted by atomic mass is 9.81. The normalized spacial score (nSPS) is 11.1. The van der Waals surface area contributed by atoms with Crippen molar-refractivity contribution in [2.24, 2.45) is 5.41 Å². The highest BCUT2D eigenvalue weighted by Gasteiger charge is 2.46. The van der Waals surface area contributed by atoms with Crippen molar-refractivity contribution in [1.29, 1.82) is 0 Å². The topological polar surface area (TPSA) is 86.6 Å². The molecule has 1 rings (SSSR count). The van der Waals surface area contributed by atoms with Gasteiger partial charge in [-0.1, -0.05) is 30.3 Å². The molecule has 0 radical (unpaired) electrons. The first kappa shape index (κ1) is 13.2. The summed E-state index contributed by atoms with van der Waals surface area (Å²) >= 11 is 0. The van der Waals surface area contributed by atoms with Gasteiger partial charge in [-0.25, -0.2) is 0 Å². The van der Waals surface area contributed by atoms with Crippen molar-refractivity contribution in [3.05, 3.63) is 35.9 Å². The van der Waals surface area contributed by atoms with Crippen LogP contribution in [0.3, 0.4) is 0 Å². The summed E-state index contributed by atoms with van der Waals surface area (Å²) in [5, 5.41) is 21.0. The molecule has 0 aliphatic rings. The Kier molecular flexibility index (Phi) is 4.23. The van der Waals surface area contributed by atoms with E-state index in [4.69, 9.17) is 10.2 Å². The van der Waals surface area contributed by atoms with Gasteiger partial charge >= 0.3 is 11.9 Å². The summed E-state index contributed by atoms with van der Waals surface area (Å²) in [5.41, 5.74) is -1.14. The zero-order chi connectivity index (χ0) is 12.9. The first-order valence-electron chi connectivity index (χ1n) is 5.18. The second kappa shape index (κ2) is 5.45. The second-order valence-corrected chi connectivity index (χ2v) is 3.89. The van der Waals surface area contributed by atoms with Crippen LogP contribution in [0.15, 0.2) is 30.3 Å². The van der Waals surface area contributed by atoms with Crippen molar-refractivity contribution < 1.29 is 19.8 Å². The van der Waals surface area contributed by atoms with Gasteiger partial charge < -0.3 is 15.5 Å². The van der Waals surface area contributed by atoms with Crippen LogP contribution >= 0.6 is 0 Å². The molecule has 17 heavy (non-hydrogen) atoms. The molecule has 92 valence electrons. The molecule has 1 aromatic carbocycles. The Hall–Kier alpha value is -1.88. The fourth-order valence-corrected chi connectivity index (χ4v) is 1.70. The summed E-state index contributed by atoms with van der Waals surface area (Å²) in [4.78, 5) is 22.5. The summed E-state index contributed by atoms with van der Waals surface area (Å²) in [6.45, 7) is -0.118. The number of hydrogen-bond acceptors (Lipinski definition) is 3. The molecule has 0 saturated heterocycles. The highest BCUT2D eigenvalue weighted by molar-refractivity contribution is 5.98. The molecule has 0 bridgehead atoms. The van der Waals surface area contributed by atoms with Crippen LogP contribution < -0.4 is 5.32 Å². The standard InChI is InChI=1S/C12H15NO4/c1-13-8-12(10(14)15,11(16)17)7-9-5-3-2-4-6-9/h2-6,13H,7-8H2,1H3,(H,14,15)(H,16,17). The molecule has 0 aromatic heterocycles. The predicted octanol–water partition coefficient (Wildman–Crippen LogP) is 0.604. The van der Waals surface area contributed by atoms with Crippen molar-refractivity contribution in [1.82, 2.24) is 5.32 Å². The Morgan fingerprint density at radius 3 is 2.12 bits per heavy atom. The van der Waals surface area contributed by atoms with E-state index in [-0.39, 0.29) is 13.0 Å². The fourth-order valence-electron chi connectivity index (χ4n) is 1.70. The van der Waals surface area contributed by atoms with Crippen molar-refractivity contribution in [3.8, 4) is 0 Å². The maximum atomic E-state index is 11.2. The van der Waals surface area contributed by atoms with Crippen molar-refractivity contribution >= 4 is 11.9 Å². The maximum absolute atomic E-state index is 11.2. The summed E-state index contributed by atoms with van der Waals surface area (Å²) in [6.07, 6.45) is -0.0423. The van der Waals surface area contributed by atoms with Crippen LogP contribution in [0.4, 0.5) is 0 Å². The molecular weight excluding hydrogens is 222 g/mol. The number of aliphatic carboxylic acids is 2. The molecule has 0 aliphatic heterocycles. The molecule has 0 spiro atoms. The van der Waals surface area contributed by atoms with Gasteiger partial charge in [-0.05, 0) is 12.6 Å².